The molecular weight excluding hydrogens is 214 g/mol. The van der Waals surface area contributed by atoms with E-state index < -0.39 is 0 Å². The van der Waals surface area contributed by atoms with E-state index in [0.29, 0.717) is 12.0 Å². The van der Waals surface area contributed by atoms with Crippen LogP contribution in [0.1, 0.15) is 31.5 Å². The number of hydrogen-bond donors (Lipinski definition) is 1. The van der Waals surface area contributed by atoms with Crippen molar-refractivity contribution in [3.63, 3.8) is 0 Å². The van der Waals surface area contributed by atoms with Crippen molar-refractivity contribution in [2.75, 3.05) is 13.2 Å². The van der Waals surface area contributed by atoms with Crippen LogP contribution in [0.5, 0.6) is 0 Å². The molecule has 2 atom stereocenters. The van der Waals surface area contributed by atoms with Crippen LogP contribution in [0.25, 0.3) is 0 Å². The zero-order valence-electron chi connectivity index (χ0n) is 11.1. The minimum absolute atomic E-state index is 0.405. The Bertz CT molecular complexity index is 362. The van der Waals surface area contributed by atoms with Crippen molar-refractivity contribution in [3.05, 3.63) is 17.5 Å². The summed E-state index contributed by atoms with van der Waals surface area (Å²) in [4.78, 5) is 0. The maximum Gasteiger partial charge on any atom is 0.0666 e. The first-order valence-corrected chi connectivity index (χ1v) is 6.54. The number of nitrogens with one attached hydrogen (secondary N) is 1. The van der Waals surface area contributed by atoms with Crippen molar-refractivity contribution < 1.29 is 4.74 Å². The molecule has 4 heteroatoms. The molecule has 2 unspecified atom stereocenters. The van der Waals surface area contributed by atoms with E-state index in [9.17, 15) is 0 Å². The quantitative estimate of drug-likeness (QED) is 0.843. The molecule has 1 aliphatic rings. The number of ether oxygens (including phenoxy) is 1. The third-order valence-electron chi connectivity index (χ3n) is 3.58. The summed E-state index contributed by atoms with van der Waals surface area (Å²) < 4.78 is 7.46. The number of aromatic nitrogens is 2. The lowest BCUT2D eigenvalue weighted by molar-refractivity contribution is 0.105. The van der Waals surface area contributed by atoms with Gasteiger partial charge in [0.1, 0.15) is 0 Å². The van der Waals surface area contributed by atoms with E-state index in [1.54, 1.807) is 0 Å². The van der Waals surface area contributed by atoms with Gasteiger partial charge in [0.25, 0.3) is 0 Å². The van der Waals surface area contributed by atoms with Crippen molar-refractivity contribution in [3.8, 4) is 0 Å². The van der Waals surface area contributed by atoms with Crippen LogP contribution in [0.2, 0.25) is 0 Å². The van der Waals surface area contributed by atoms with Crippen molar-refractivity contribution in [2.24, 2.45) is 13.0 Å². The highest BCUT2D eigenvalue weighted by atomic mass is 16.5. The fraction of sp³-hybridized carbons (Fsp3) is 0.769. The molecule has 2 rings (SSSR count). The van der Waals surface area contributed by atoms with Gasteiger partial charge in [0.15, 0.2) is 0 Å². The first-order valence-electron chi connectivity index (χ1n) is 6.54. The second kappa shape index (κ2) is 5.65. The summed E-state index contributed by atoms with van der Waals surface area (Å²) in [7, 11) is 1.98. The van der Waals surface area contributed by atoms with E-state index in [0.717, 1.165) is 26.1 Å². The molecule has 4 nitrogen and oxygen atoms in total. The topological polar surface area (TPSA) is 39.1 Å². The molecule has 0 aliphatic carbocycles. The minimum Gasteiger partial charge on any atom is -0.378 e. The summed E-state index contributed by atoms with van der Waals surface area (Å²) in [5.41, 5.74) is 2.53. The van der Waals surface area contributed by atoms with Crippen LogP contribution in [-0.2, 0) is 24.8 Å². The molecular formula is C13H23N3O. The van der Waals surface area contributed by atoms with Gasteiger partial charge in [-0.3, -0.25) is 4.68 Å². The molecule has 0 saturated carbocycles. The van der Waals surface area contributed by atoms with E-state index in [-0.39, 0.29) is 0 Å². The Kier molecular flexibility index (Phi) is 4.18. The molecule has 17 heavy (non-hydrogen) atoms. The van der Waals surface area contributed by atoms with Gasteiger partial charge in [-0.1, -0.05) is 6.92 Å². The zero-order valence-corrected chi connectivity index (χ0v) is 11.1. The van der Waals surface area contributed by atoms with Crippen molar-refractivity contribution in [1.82, 2.24) is 15.1 Å². The lowest BCUT2D eigenvalue weighted by Gasteiger charge is -2.14. The Hall–Kier alpha value is -0.870. The van der Waals surface area contributed by atoms with Gasteiger partial charge in [0.05, 0.1) is 11.8 Å². The van der Waals surface area contributed by atoms with Gasteiger partial charge in [-0.05, 0) is 25.7 Å². The molecule has 1 aromatic heterocycles. The molecule has 1 saturated heterocycles. The predicted molar refractivity (Wildman–Crippen MR) is 67.8 cm³/mol. The molecule has 0 radical (unpaired) electrons. The maximum atomic E-state index is 5.56. The van der Waals surface area contributed by atoms with Crippen LogP contribution in [0.3, 0.4) is 0 Å². The Morgan fingerprint density at radius 3 is 3.06 bits per heavy atom. The molecule has 2 heterocycles. The molecule has 0 bridgehead atoms. The zero-order chi connectivity index (χ0) is 12.3. The van der Waals surface area contributed by atoms with Crippen LogP contribution < -0.4 is 5.32 Å². The largest absolute Gasteiger partial charge is 0.378 e. The fourth-order valence-corrected chi connectivity index (χ4v) is 2.47. The molecule has 1 N–H and O–H groups in total. The lowest BCUT2D eigenvalue weighted by atomic mass is 10.0. The molecule has 0 amide bonds. The summed E-state index contributed by atoms with van der Waals surface area (Å²) in [5, 5.41) is 7.98. The monoisotopic (exact) mass is 237 g/mol. The average molecular weight is 237 g/mol. The van der Waals surface area contributed by atoms with Gasteiger partial charge in [0.2, 0.25) is 0 Å². The van der Waals surface area contributed by atoms with Crippen LogP contribution in [0.4, 0.5) is 0 Å². The smallest absolute Gasteiger partial charge is 0.0666 e. The molecule has 1 aliphatic heterocycles. The van der Waals surface area contributed by atoms with E-state index in [1.165, 1.54) is 17.7 Å². The summed E-state index contributed by atoms with van der Waals surface area (Å²) in [6, 6.07) is 0. The second-order valence-corrected chi connectivity index (χ2v) is 4.88. The van der Waals surface area contributed by atoms with Gasteiger partial charge in [-0.25, -0.2) is 0 Å². The highest BCUT2D eigenvalue weighted by molar-refractivity contribution is 5.16. The number of aryl methyl sites for hydroxylation is 2. The second-order valence-electron chi connectivity index (χ2n) is 4.88. The van der Waals surface area contributed by atoms with Crippen molar-refractivity contribution >= 4 is 0 Å². The van der Waals surface area contributed by atoms with Gasteiger partial charge in [-0.15, -0.1) is 0 Å². The number of hydrogen-bond acceptors (Lipinski definition) is 3. The van der Waals surface area contributed by atoms with Gasteiger partial charge >= 0.3 is 0 Å². The Labute approximate surface area is 103 Å². The van der Waals surface area contributed by atoms with E-state index in [1.807, 2.05) is 11.7 Å². The van der Waals surface area contributed by atoms with Crippen LogP contribution >= 0.6 is 0 Å². The SMILES string of the molecule is CCc1nn(C)cc1CNCC1CCOC1C. The van der Waals surface area contributed by atoms with E-state index >= 15 is 0 Å². The first kappa shape index (κ1) is 12.6. The van der Waals surface area contributed by atoms with E-state index in [4.69, 9.17) is 4.74 Å². The Morgan fingerprint density at radius 2 is 2.41 bits per heavy atom. The van der Waals surface area contributed by atoms with Crippen molar-refractivity contribution in [1.29, 1.82) is 0 Å². The first-order chi connectivity index (χ1) is 8.20. The molecule has 96 valence electrons. The van der Waals surface area contributed by atoms with Crippen LogP contribution in [0.15, 0.2) is 6.20 Å². The summed E-state index contributed by atoms with van der Waals surface area (Å²) in [6.07, 6.45) is 4.70. The number of nitrogens with zero attached hydrogens (tertiary/aromatic N) is 2. The fourth-order valence-electron chi connectivity index (χ4n) is 2.47. The molecule has 1 aromatic rings. The average Bonchev–Trinajstić information content (AvgIpc) is 2.86. The van der Waals surface area contributed by atoms with Crippen molar-refractivity contribution in [2.45, 2.75) is 39.3 Å². The van der Waals surface area contributed by atoms with Gasteiger partial charge in [-0.2, -0.15) is 5.10 Å². The van der Waals surface area contributed by atoms with E-state index in [2.05, 4.69) is 30.5 Å². The summed E-state index contributed by atoms with van der Waals surface area (Å²) in [5.74, 6) is 0.664. The highest BCUT2D eigenvalue weighted by Crippen LogP contribution is 2.19. The minimum atomic E-state index is 0.405. The van der Waals surface area contributed by atoms with Crippen LogP contribution in [0, 0.1) is 5.92 Å². The normalized spacial score (nSPS) is 24.4. The van der Waals surface area contributed by atoms with Crippen LogP contribution in [-0.4, -0.2) is 29.0 Å². The Balaban J connectivity index is 1.81. The van der Waals surface area contributed by atoms with Gasteiger partial charge in [0, 0.05) is 38.5 Å². The molecule has 0 aromatic carbocycles. The maximum absolute atomic E-state index is 5.56. The molecule has 1 fully saturated rings. The summed E-state index contributed by atoms with van der Waals surface area (Å²) >= 11 is 0. The predicted octanol–water partition coefficient (Wildman–Crippen LogP) is 1.50. The number of rotatable bonds is 5. The standard InChI is InChI=1S/C13H23N3O/c1-4-13-12(9-16(3)15-13)8-14-7-11-5-6-17-10(11)2/h9-11,14H,4-8H2,1-3H3. The molecule has 0 spiro atoms. The third kappa shape index (κ3) is 3.07. The third-order valence-corrected chi connectivity index (χ3v) is 3.58. The summed E-state index contributed by atoms with van der Waals surface area (Å²) in [6.45, 7) is 7.19. The Morgan fingerprint density at radius 1 is 1.59 bits per heavy atom. The lowest BCUT2D eigenvalue weighted by Crippen LogP contribution is -2.26. The highest BCUT2D eigenvalue weighted by Gasteiger charge is 2.23. The van der Waals surface area contributed by atoms with Gasteiger partial charge < -0.3 is 10.1 Å².